The maximum atomic E-state index is 12.6. The Morgan fingerprint density at radius 1 is 1.29 bits per heavy atom. The van der Waals surface area contributed by atoms with E-state index in [0.717, 1.165) is 29.8 Å². The standard InChI is InChI=1S/C21H25ClN2O3S/c1-3-27-21(26)20-17(12-18(28-20)15-7-9-16(22)10-8-15)23-19(25)13-24-11-5-4-6-14(24)2/h7-10,12,14H,3-6,11,13H2,1-2H3,(H,23,25). The molecule has 28 heavy (non-hydrogen) atoms. The Morgan fingerprint density at radius 3 is 2.71 bits per heavy atom. The summed E-state index contributed by atoms with van der Waals surface area (Å²) in [5.41, 5.74) is 1.44. The topological polar surface area (TPSA) is 58.6 Å². The third-order valence-electron chi connectivity index (χ3n) is 4.88. The van der Waals surface area contributed by atoms with Crippen molar-refractivity contribution in [2.75, 3.05) is 25.0 Å². The summed E-state index contributed by atoms with van der Waals surface area (Å²) in [5, 5.41) is 3.57. The summed E-state index contributed by atoms with van der Waals surface area (Å²) < 4.78 is 5.17. The Kier molecular flexibility index (Phi) is 7.10. The van der Waals surface area contributed by atoms with Crippen molar-refractivity contribution in [3.63, 3.8) is 0 Å². The third-order valence-corrected chi connectivity index (χ3v) is 6.30. The summed E-state index contributed by atoms with van der Waals surface area (Å²) in [5.74, 6) is -0.533. The molecule has 7 heteroatoms. The van der Waals surface area contributed by atoms with E-state index in [4.69, 9.17) is 16.3 Å². The number of esters is 1. The highest BCUT2D eigenvalue weighted by atomic mass is 35.5. The van der Waals surface area contributed by atoms with E-state index in [9.17, 15) is 9.59 Å². The third kappa shape index (κ3) is 5.13. The van der Waals surface area contributed by atoms with Crippen molar-refractivity contribution >= 4 is 40.5 Å². The Hall–Kier alpha value is -1.89. The van der Waals surface area contributed by atoms with E-state index in [-0.39, 0.29) is 12.5 Å². The molecule has 1 atom stereocenters. The molecule has 2 aromatic rings. The second-order valence-corrected chi connectivity index (χ2v) is 8.43. The van der Waals surface area contributed by atoms with Gasteiger partial charge in [-0.05, 0) is 57.0 Å². The molecule has 150 valence electrons. The summed E-state index contributed by atoms with van der Waals surface area (Å²) in [4.78, 5) is 28.5. The number of benzene rings is 1. The molecule has 0 bridgehead atoms. The van der Waals surface area contributed by atoms with Crippen molar-refractivity contribution in [2.45, 2.75) is 39.2 Å². The molecule has 1 unspecified atom stereocenters. The van der Waals surface area contributed by atoms with Gasteiger partial charge in [-0.25, -0.2) is 4.79 Å². The van der Waals surface area contributed by atoms with Crippen LogP contribution in [-0.4, -0.2) is 42.5 Å². The zero-order chi connectivity index (χ0) is 20.1. The number of halogens is 1. The van der Waals surface area contributed by atoms with Gasteiger partial charge in [0.1, 0.15) is 4.88 Å². The van der Waals surface area contributed by atoms with Crippen LogP contribution in [0.2, 0.25) is 5.02 Å². The number of likely N-dealkylation sites (tertiary alicyclic amines) is 1. The van der Waals surface area contributed by atoms with Crippen LogP contribution < -0.4 is 5.32 Å². The first kappa shape index (κ1) is 20.8. The van der Waals surface area contributed by atoms with Gasteiger partial charge in [-0.3, -0.25) is 9.69 Å². The van der Waals surface area contributed by atoms with Gasteiger partial charge in [-0.2, -0.15) is 0 Å². The molecule has 1 amide bonds. The highest BCUT2D eigenvalue weighted by molar-refractivity contribution is 7.18. The lowest BCUT2D eigenvalue weighted by Crippen LogP contribution is -2.42. The Balaban J connectivity index is 1.80. The average Bonchev–Trinajstić information content (AvgIpc) is 3.08. The van der Waals surface area contributed by atoms with Gasteiger partial charge in [-0.15, -0.1) is 11.3 Å². The Labute approximate surface area is 174 Å². The molecule has 2 heterocycles. The Bertz CT molecular complexity index is 835. The molecule has 1 saturated heterocycles. The lowest BCUT2D eigenvalue weighted by atomic mass is 10.0. The molecule has 1 N–H and O–H groups in total. The number of carbonyl (C=O) groups excluding carboxylic acids is 2. The zero-order valence-corrected chi connectivity index (χ0v) is 17.7. The van der Waals surface area contributed by atoms with E-state index < -0.39 is 5.97 Å². The molecule has 1 aromatic heterocycles. The van der Waals surface area contributed by atoms with E-state index in [2.05, 4.69) is 17.1 Å². The Morgan fingerprint density at radius 2 is 2.04 bits per heavy atom. The van der Waals surface area contributed by atoms with Crippen LogP contribution in [0.5, 0.6) is 0 Å². The molecule has 0 aliphatic carbocycles. The van der Waals surface area contributed by atoms with Crippen LogP contribution in [0, 0.1) is 0 Å². The van der Waals surface area contributed by atoms with E-state index in [1.807, 2.05) is 18.2 Å². The van der Waals surface area contributed by atoms with Crippen LogP contribution >= 0.6 is 22.9 Å². The van der Waals surface area contributed by atoms with E-state index in [1.54, 1.807) is 19.1 Å². The summed E-state index contributed by atoms with van der Waals surface area (Å²) >= 11 is 7.28. The number of thiophene rings is 1. The molecule has 0 radical (unpaired) electrons. The van der Waals surface area contributed by atoms with Gasteiger partial charge in [-0.1, -0.05) is 30.2 Å². The number of hydrogen-bond donors (Lipinski definition) is 1. The SMILES string of the molecule is CCOC(=O)c1sc(-c2ccc(Cl)cc2)cc1NC(=O)CN1CCCCC1C. The number of nitrogens with one attached hydrogen (secondary N) is 1. The highest BCUT2D eigenvalue weighted by Crippen LogP contribution is 2.36. The van der Waals surface area contributed by atoms with Crippen molar-refractivity contribution in [2.24, 2.45) is 0 Å². The number of ether oxygens (including phenoxy) is 1. The molecule has 3 rings (SSSR count). The molecule has 1 fully saturated rings. The van der Waals surface area contributed by atoms with Gasteiger partial charge in [0.2, 0.25) is 5.91 Å². The highest BCUT2D eigenvalue weighted by Gasteiger charge is 2.23. The predicted molar refractivity (Wildman–Crippen MR) is 114 cm³/mol. The number of amides is 1. The fourth-order valence-electron chi connectivity index (χ4n) is 3.36. The smallest absolute Gasteiger partial charge is 0.350 e. The maximum absolute atomic E-state index is 12.6. The lowest BCUT2D eigenvalue weighted by molar-refractivity contribution is -0.118. The number of carbonyl (C=O) groups is 2. The summed E-state index contributed by atoms with van der Waals surface area (Å²) in [6.45, 7) is 5.46. The van der Waals surface area contributed by atoms with Crippen LogP contribution in [0.3, 0.4) is 0 Å². The number of nitrogens with zero attached hydrogens (tertiary/aromatic N) is 1. The fraction of sp³-hybridized carbons (Fsp3) is 0.429. The summed E-state index contributed by atoms with van der Waals surface area (Å²) in [6.07, 6.45) is 3.44. The predicted octanol–water partition coefficient (Wildman–Crippen LogP) is 5.06. The quantitative estimate of drug-likeness (QED) is 0.663. The van der Waals surface area contributed by atoms with Crippen LogP contribution in [-0.2, 0) is 9.53 Å². The van der Waals surface area contributed by atoms with Gasteiger partial charge >= 0.3 is 5.97 Å². The molecular weight excluding hydrogens is 396 g/mol. The van der Waals surface area contributed by atoms with Crippen LogP contribution in [0.15, 0.2) is 30.3 Å². The number of rotatable bonds is 6. The normalized spacial score (nSPS) is 17.3. The first-order valence-corrected chi connectivity index (χ1v) is 10.8. The van der Waals surface area contributed by atoms with Crippen molar-refractivity contribution in [1.82, 2.24) is 4.90 Å². The van der Waals surface area contributed by atoms with Crippen LogP contribution in [0.25, 0.3) is 10.4 Å². The molecular formula is C21H25ClN2O3S. The minimum absolute atomic E-state index is 0.111. The summed E-state index contributed by atoms with van der Waals surface area (Å²) in [7, 11) is 0. The van der Waals surface area contributed by atoms with E-state index >= 15 is 0 Å². The van der Waals surface area contributed by atoms with Gasteiger partial charge in [0.15, 0.2) is 0 Å². The first-order chi connectivity index (χ1) is 13.5. The zero-order valence-electron chi connectivity index (χ0n) is 16.2. The van der Waals surface area contributed by atoms with Crippen molar-refractivity contribution in [3.05, 3.63) is 40.2 Å². The van der Waals surface area contributed by atoms with Crippen molar-refractivity contribution in [1.29, 1.82) is 0 Å². The monoisotopic (exact) mass is 420 g/mol. The maximum Gasteiger partial charge on any atom is 0.350 e. The van der Waals surface area contributed by atoms with Crippen molar-refractivity contribution < 1.29 is 14.3 Å². The number of hydrogen-bond acceptors (Lipinski definition) is 5. The molecule has 0 saturated carbocycles. The largest absolute Gasteiger partial charge is 0.462 e. The lowest BCUT2D eigenvalue weighted by Gasteiger charge is -2.32. The molecule has 5 nitrogen and oxygen atoms in total. The summed E-state index contributed by atoms with van der Waals surface area (Å²) in [6, 6.07) is 9.62. The molecule has 1 aliphatic rings. The second-order valence-electron chi connectivity index (χ2n) is 6.94. The number of piperidine rings is 1. The van der Waals surface area contributed by atoms with E-state index in [1.165, 1.54) is 17.8 Å². The molecule has 1 aromatic carbocycles. The van der Waals surface area contributed by atoms with Crippen LogP contribution in [0.4, 0.5) is 5.69 Å². The van der Waals surface area contributed by atoms with Gasteiger partial charge in [0.25, 0.3) is 0 Å². The number of anilines is 1. The fourth-order valence-corrected chi connectivity index (χ4v) is 4.49. The minimum Gasteiger partial charge on any atom is -0.462 e. The van der Waals surface area contributed by atoms with E-state index in [0.29, 0.717) is 28.2 Å². The average molecular weight is 421 g/mol. The second kappa shape index (κ2) is 9.54. The van der Waals surface area contributed by atoms with Crippen molar-refractivity contribution in [3.8, 4) is 10.4 Å². The molecule has 0 spiro atoms. The van der Waals surface area contributed by atoms with Gasteiger partial charge in [0, 0.05) is 15.9 Å². The first-order valence-electron chi connectivity index (χ1n) is 9.58. The van der Waals surface area contributed by atoms with Gasteiger partial charge < -0.3 is 10.1 Å². The molecule has 1 aliphatic heterocycles. The van der Waals surface area contributed by atoms with Gasteiger partial charge in [0.05, 0.1) is 18.8 Å². The van der Waals surface area contributed by atoms with Crippen LogP contribution in [0.1, 0.15) is 42.8 Å². The minimum atomic E-state index is -0.422.